The van der Waals surface area contributed by atoms with Crippen LogP contribution in [0.4, 0.5) is 11.5 Å². The van der Waals surface area contributed by atoms with Gasteiger partial charge in [-0.1, -0.05) is 18.2 Å². The van der Waals surface area contributed by atoms with Crippen molar-refractivity contribution in [3.63, 3.8) is 0 Å². The van der Waals surface area contributed by atoms with Crippen molar-refractivity contribution in [2.75, 3.05) is 43.1 Å². The highest BCUT2D eigenvalue weighted by molar-refractivity contribution is 5.60. The number of pyridine rings is 1. The summed E-state index contributed by atoms with van der Waals surface area (Å²) in [5.41, 5.74) is 2.39. The number of para-hydroxylation sites is 2. The summed E-state index contributed by atoms with van der Waals surface area (Å²) in [6.07, 6.45) is 5.70. The summed E-state index contributed by atoms with van der Waals surface area (Å²) in [4.78, 5) is 9.49. The van der Waals surface area contributed by atoms with E-state index < -0.39 is 0 Å². The predicted molar refractivity (Wildman–Crippen MR) is 120 cm³/mol. The zero-order valence-electron chi connectivity index (χ0n) is 17.7. The molecule has 158 valence electrons. The van der Waals surface area contributed by atoms with Gasteiger partial charge in [-0.3, -0.25) is 4.68 Å². The molecule has 30 heavy (non-hydrogen) atoms. The van der Waals surface area contributed by atoms with Crippen LogP contribution in [0.15, 0.2) is 61.1 Å². The van der Waals surface area contributed by atoms with Gasteiger partial charge < -0.3 is 19.9 Å². The Morgan fingerprint density at radius 2 is 1.80 bits per heavy atom. The highest BCUT2D eigenvalue weighted by Gasteiger charge is 2.22. The maximum absolute atomic E-state index is 5.54. The van der Waals surface area contributed by atoms with Crippen LogP contribution in [0.3, 0.4) is 0 Å². The number of rotatable bonds is 8. The van der Waals surface area contributed by atoms with Crippen molar-refractivity contribution in [3.8, 4) is 5.75 Å². The molecule has 1 aromatic carbocycles. The van der Waals surface area contributed by atoms with Crippen molar-refractivity contribution in [2.24, 2.45) is 0 Å². The Morgan fingerprint density at radius 1 is 1.00 bits per heavy atom. The van der Waals surface area contributed by atoms with Gasteiger partial charge in [-0.2, -0.15) is 5.10 Å². The van der Waals surface area contributed by atoms with Crippen LogP contribution < -0.4 is 19.9 Å². The first-order valence-corrected chi connectivity index (χ1v) is 10.5. The van der Waals surface area contributed by atoms with Gasteiger partial charge in [0.25, 0.3) is 0 Å². The molecule has 4 rings (SSSR count). The fourth-order valence-corrected chi connectivity index (χ4v) is 3.94. The molecule has 1 fully saturated rings. The topological polar surface area (TPSA) is 58.5 Å². The number of methoxy groups -OCH3 is 1. The van der Waals surface area contributed by atoms with E-state index in [1.807, 2.05) is 47.5 Å². The van der Waals surface area contributed by atoms with Gasteiger partial charge in [0, 0.05) is 62.9 Å². The number of hydrogen-bond acceptors (Lipinski definition) is 6. The van der Waals surface area contributed by atoms with Gasteiger partial charge in [0.15, 0.2) is 0 Å². The van der Waals surface area contributed by atoms with Crippen LogP contribution in [0.1, 0.15) is 12.5 Å². The van der Waals surface area contributed by atoms with E-state index in [0.717, 1.165) is 56.5 Å². The number of nitrogens with one attached hydrogen (secondary N) is 1. The largest absolute Gasteiger partial charge is 0.495 e. The average molecular weight is 407 g/mol. The Balaban J connectivity index is 1.37. The van der Waals surface area contributed by atoms with E-state index in [2.05, 4.69) is 45.3 Å². The van der Waals surface area contributed by atoms with E-state index in [4.69, 9.17) is 9.72 Å². The number of ether oxygens (including phenoxy) is 1. The smallest absolute Gasteiger partial charge is 0.142 e. The molecule has 0 aliphatic carbocycles. The van der Waals surface area contributed by atoms with E-state index in [-0.39, 0.29) is 0 Å². The summed E-state index contributed by atoms with van der Waals surface area (Å²) < 4.78 is 7.50. The second-order valence-corrected chi connectivity index (χ2v) is 7.64. The molecule has 7 heteroatoms. The van der Waals surface area contributed by atoms with Gasteiger partial charge >= 0.3 is 0 Å². The minimum absolute atomic E-state index is 0.320. The normalized spacial score (nSPS) is 15.3. The molecule has 1 aliphatic rings. The van der Waals surface area contributed by atoms with E-state index in [1.54, 1.807) is 7.11 Å². The second kappa shape index (κ2) is 9.63. The lowest BCUT2D eigenvalue weighted by Crippen LogP contribution is -2.47. The van der Waals surface area contributed by atoms with Gasteiger partial charge in [0.1, 0.15) is 11.6 Å². The van der Waals surface area contributed by atoms with Gasteiger partial charge in [0.05, 0.1) is 19.3 Å². The maximum atomic E-state index is 5.54. The number of hydrogen-bond donors (Lipinski definition) is 1. The van der Waals surface area contributed by atoms with Gasteiger partial charge in [-0.15, -0.1) is 0 Å². The van der Waals surface area contributed by atoms with Gasteiger partial charge in [-0.25, -0.2) is 4.98 Å². The summed E-state index contributed by atoms with van der Waals surface area (Å²) in [6.45, 7) is 7.58. The Kier molecular flexibility index (Phi) is 6.49. The first-order valence-electron chi connectivity index (χ1n) is 10.5. The van der Waals surface area contributed by atoms with Crippen LogP contribution in [-0.2, 0) is 13.1 Å². The Hall–Kier alpha value is -3.06. The van der Waals surface area contributed by atoms with Crippen LogP contribution in [0.5, 0.6) is 5.75 Å². The maximum Gasteiger partial charge on any atom is 0.142 e. The van der Waals surface area contributed by atoms with Crippen LogP contribution in [0, 0.1) is 0 Å². The molecule has 0 spiro atoms. The van der Waals surface area contributed by atoms with Gasteiger partial charge in [-0.05, 0) is 31.2 Å². The molecular formula is C23H30N6O. The standard InChI is InChI=1S/C23H30N6O/c1-19(18-29-12-6-11-26-29)25-17-20-7-5-10-24-23(20)28-15-13-27(14-16-28)21-8-3-4-9-22(21)30-2/h3-12,19,25H,13-18H2,1-2H3. The van der Waals surface area contributed by atoms with Crippen LogP contribution in [0.25, 0.3) is 0 Å². The third kappa shape index (κ3) is 4.74. The number of aromatic nitrogens is 3. The van der Waals surface area contributed by atoms with E-state index in [1.165, 1.54) is 5.56 Å². The molecule has 3 aromatic rings. The van der Waals surface area contributed by atoms with Crippen molar-refractivity contribution >= 4 is 11.5 Å². The Morgan fingerprint density at radius 3 is 2.57 bits per heavy atom. The Labute approximate surface area is 178 Å². The first-order chi connectivity index (χ1) is 14.7. The molecule has 7 nitrogen and oxygen atoms in total. The van der Waals surface area contributed by atoms with Crippen molar-refractivity contribution in [1.29, 1.82) is 0 Å². The summed E-state index contributed by atoms with van der Waals surface area (Å²) >= 11 is 0. The highest BCUT2D eigenvalue weighted by Crippen LogP contribution is 2.29. The van der Waals surface area contributed by atoms with Crippen LogP contribution >= 0.6 is 0 Å². The monoisotopic (exact) mass is 406 g/mol. The van der Waals surface area contributed by atoms with Crippen molar-refractivity contribution in [3.05, 3.63) is 66.6 Å². The van der Waals surface area contributed by atoms with Crippen molar-refractivity contribution in [2.45, 2.75) is 26.1 Å². The molecule has 3 heterocycles. The van der Waals surface area contributed by atoms with Crippen LogP contribution in [-0.4, -0.2) is 54.1 Å². The highest BCUT2D eigenvalue weighted by atomic mass is 16.5. The zero-order chi connectivity index (χ0) is 20.8. The third-order valence-electron chi connectivity index (χ3n) is 5.53. The molecule has 2 aromatic heterocycles. The Bertz CT molecular complexity index is 921. The molecule has 0 bridgehead atoms. The fourth-order valence-electron chi connectivity index (χ4n) is 3.94. The van der Waals surface area contributed by atoms with E-state index in [9.17, 15) is 0 Å². The number of benzene rings is 1. The molecule has 1 N–H and O–H groups in total. The van der Waals surface area contributed by atoms with Crippen LogP contribution in [0.2, 0.25) is 0 Å². The molecule has 1 unspecified atom stereocenters. The van der Waals surface area contributed by atoms with Crippen molar-refractivity contribution in [1.82, 2.24) is 20.1 Å². The van der Waals surface area contributed by atoms with Gasteiger partial charge in [0.2, 0.25) is 0 Å². The molecule has 1 atom stereocenters. The number of nitrogens with zero attached hydrogens (tertiary/aromatic N) is 5. The quantitative estimate of drug-likeness (QED) is 0.621. The second-order valence-electron chi connectivity index (χ2n) is 7.64. The average Bonchev–Trinajstić information content (AvgIpc) is 3.31. The first kappa shape index (κ1) is 20.2. The number of anilines is 2. The summed E-state index contributed by atoms with van der Waals surface area (Å²) in [5.74, 6) is 2.01. The molecule has 1 saturated heterocycles. The SMILES string of the molecule is COc1ccccc1N1CCN(c2ncccc2CNC(C)Cn2cccn2)CC1. The minimum atomic E-state index is 0.320. The molecular weight excluding hydrogens is 376 g/mol. The lowest BCUT2D eigenvalue weighted by Gasteiger charge is -2.38. The fraction of sp³-hybridized carbons (Fsp3) is 0.391. The summed E-state index contributed by atoms with van der Waals surface area (Å²) in [5, 5.41) is 7.90. The zero-order valence-corrected chi connectivity index (χ0v) is 17.7. The molecule has 0 saturated carbocycles. The van der Waals surface area contributed by atoms with E-state index in [0.29, 0.717) is 6.04 Å². The summed E-state index contributed by atoms with van der Waals surface area (Å²) in [6, 6.07) is 14.7. The lowest BCUT2D eigenvalue weighted by molar-refractivity contribution is 0.413. The molecule has 0 amide bonds. The molecule has 1 aliphatic heterocycles. The molecule has 0 radical (unpaired) electrons. The van der Waals surface area contributed by atoms with Crippen molar-refractivity contribution < 1.29 is 4.74 Å². The number of piperazine rings is 1. The third-order valence-corrected chi connectivity index (χ3v) is 5.53. The summed E-state index contributed by atoms with van der Waals surface area (Å²) in [7, 11) is 1.73. The van der Waals surface area contributed by atoms with E-state index >= 15 is 0 Å². The minimum Gasteiger partial charge on any atom is -0.495 e. The lowest BCUT2D eigenvalue weighted by atomic mass is 10.2. The predicted octanol–water partition coefficient (Wildman–Crippen LogP) is 2.79.